The monoisotopic (exact) mass is 160 g/mol. The fourth-order valence-electron chi connectivity index (χ4n) is 5.06. The van der Waals surface area contributed by atoms with Crippen molar-refractivity contribution < 1.29 is 0 Å². The normalized spacial score (nSPS) is 69.9. The van der Waals surface area contributed by atoms with Crippen LogP contribution in [0.25, 0.3) is 0 Å². The maximum Gasteiger partial charge on any atom is -0.0168 e. The molecule has 3 saturated carbocycles. The van der Waals surface area contributed by atoms with Gasteiger partial charge in [-0.05, 0) is 54.3 Å². The smallest absolute Gasteiger partial charge is 0.0168 e. The van der Waals surface area contributed by atoms with Gasteiger partial charge in [-0.25, -0.2) is 0 Å². The molecule has 0 aliphatic heterocycles. The molecule has 0 radical (unpaired) electrons. The molecule has 0 N–H and O–H groups in total. The van der Waals surface area contributed by atoms with Gasteiger partial charge in [-0.1, -0.05) is 19.1 Å². The van der Waals surface area contributed by atoms with Crippen LogP contribution in [0.1, 0.15) is 19.8 Å². The maximum absolute atomic E-state index is 2.57. The van der Waals surface area contributed by atoms with Gasteiger partial charge in [0.25, 0.3) is 0 Å². The molecule has 0 aromatic rings. The van der Waals surface area contributed by atoms with E-state index in [4.69, 9.17) is 0 Å². The number of hydrogen-bond donors (Lipinski definition) is 0. The fraction of sp³-hybridized carbons (Fsp3) is 0.833. The first-order valence-electron chi connectivity index (χ1n) is 5.54. The van der Waals surface area contributed by atoms with E-state index in [0.717, 1.165) is 41.4 Å². The molecule has 7 unspecified atom stereocenters. The average molecular weight is 160 g/mol. The van der Waals surface area contributed by atoms with E-state index in [1.165, 1.54) is 0 Å². The molecule has 4 aliphatic rings. The Morgan fingerprint density at radius 1 is 1.00 bits per heavy atom. The summed E-state index contributed by atoms with van der Waals surface area (Å²) in [7, 11) is 0. The standard InChI is InChI=1S/C12H16/c1-6-8-2-3-9-10-4-7(8)5-11(10)12(6)9/h2-3,6-12H,4-5H2,1H3. The highest BCUT2D eigenvalue weighted by Gasteiger charge is 2.63. The molecule has 64 valence electrons. The van der Waals surface area contributed by atoms with Crippen LogP contribution in [-0.4, -0.2) is 0 Å². The average Bonchev–Trinajstić information content (AvgIpc) is 2.14. The number of rotatable bonds is 0. The molecule has 0 aromatic heterocycles. The highest BCUT2D eigenvalue weighted by atomic mass is 14.7. The molecule has 4 rings (SSSR count). The maximum atomic E-state index is 2.57. The van der Waals surface area contributed by atoms with Gasteiger partial charge in [-0.2, -0.15) is 0 Å². The van der Waals surface area contributed by atoms with Crippen molar-refractivity contribution in [3.05, 3.63) is 12.2 Å². The summed E-state index contributed by atoms with van der Waals surface area (Å²) >= 11 is 0. The lowest BCUT2D eigenvalue weighted by molar-refractivity contribution is -0.0380. The van der Waals surface area contributed by atoms with E-state index in [0.29, 0.717) is 0 Å². The van der Waals surface area contributed by atoms with E-state index < -0.39 is 0 Å². The number of fused-ring (bicyclic) bond motifs is 4. The third kappa shape index (κ3) is 0.448. The Morgan fingerprint density at radius 3 is 2.67 bits per heavy atom. The summed E-state index contributed by atoms with van der Waals surface area (Å²) < 4.78 is 0. The van der Waals surface area contributed by atoms with E-state index in [2.05, 4.69) is 19.1 Å². The van der Waals surface area contributed by atoms with Crippen molar-refractivity contribution >= 4 is 0 Å². The van der Waals surface area contributed by atoms with Crippen molar-refractivity contribution in [2.24, 2.45) is 41.4 Å². The van der Waals surface area contributed by atoms with Gasteiger partial charge < -0.3 is 0 Å². The molecular formula is C12H16. The fourth-order valence-corrected chi connectivity index (χ4v) is 5.06. The molecular weight excluding hydrogens is 144 g/mol. The van der Waals surface area contributed by atoms with Crippen LogP contribution in [0, 0.1) is 41.4 Å². The van der Waals surface area contributed by atoms with Crippen LogP contribution in [0.15, 0.2) is 12.2 Å². The lowest BCUT2D eigenvalue weighted by Gasteiger charge is -2.55. The Morgan fingerprint density at radius 2 is 1.75 bits per heavy atom. The molecule has 0 heterocycles. The summed E-state index contributed by atoms with van der Waals surface area (Å²) in [5, 5.41) is 0. The van der Waals surface area contributed by atoms with E-state index in [9.17, 15) is 0 Å². The van der Waals surface area contributed by atoms with Crippen molar-refractivity contribution in [2.75, 3.05) is 0 Å². The quantitative estimate of drug-likeness (QED) is 0.478. The summed E-state index contributed by atoms with van der Waals surface area (Å²) in [6.07, 6.45) is 8.29. The van der Waals surface area contributed by atoms with Gasteiger partial charge >= 0.3 is 0 Å². The van der Waals surface area contributed by atoms with Gasteiger partial charge in [0.05, 0.1) is 0 Å². The van der Waals surface area contributed by atoms with Gasteiger partial charge in [0.15, 0.2) is 0 Å². The van der Waals surface area contributed by atoms with Gasteiger partial charge in [0, 0.05) is 0 Å². The van der Waals surface area contributed by atoms with Crippen LogP contribution >= 0.6 is 0 Å². The molecule has 0 nitrogen and oxygen atoms in total. The highest BCUT2D eigenvalue weighted by molar-refractivity contribution is 5.22. The Kier molecular flexibility index (Phi) is 0.865. The van der Waals surface area contributed by atoms with E-state index >= 15 is 0 Å². The Labute approximate surface area is 74.0 Å². The summed E-state index contributed by atoms with van der Waals surface area (Å²) in [5.74, 6) is 7.53. The van der Waals surface area contributed by atoms with Crippen molar-refractivity contribution in [3.8, 4) is 0 Å². The summed E-state index contributed by atoms with van der Waals surface area (Å²) in [5.41, 5.74) is 0. The zero-order valence-corrected chi connectivity index (χ0v) is 7.61. The molecule has 0 amide bonds. The minimum Gasteiger partial charge on any atom is -0.0846 e. The molecule has 3 fully saturated rings. The first kappa shape index (κ1) is 6.23. The minimum absolute atomic E-state index is 0.981. The number of allylic oxidation sites excluding steroid dienone is 2. The zero-order valence-electron chi connectivity index (χ0n) is 7.61. The van der Waals surface area contributed by atoms with Crippen molar-refractivity contribution in [1.82, 2.24) is 0 Å². The summed E-state index contributed by atoms with van der Waals surface area (Å²) in [6.45, 7) is 2.51. The molecule has 0 aromatic carbocycles. The third-order valence-corrected chi connectivity index (χ3v) is 5.45. The Balaban J connectivity index is 1.92. The second-order valence-corrected chi connectivity index (χ2v) is 5.54. The van der Waals surface area contributed by atoms with Gasteiger partial charge in [-0.15, -0.1) is 0 Å². The van der Waals surface area contributed by atoms with E-state index in [1.807, 2.05) is 0 Å². The van der Waals surface area contributed by atoms with Crippen LogP contribution in [0.5, 0.6) is 0 Å². The molecule has 0 spiro atoms. The van der Waals surface area contributed by atoms with Gasteiger partial charge in [0.1, 0.15) is 0 Å². The van der Waals surface area contributed by atoms with Crippen LogP contribution in [0.3, 0.4) is 0 Å². The summed E-state index contributed by atoms with van der Waals surface area (Å²) in [4.78, 5) is 0. The largest absolute Gasteiger partial charge is 0.0846 e. The van der Waals surface area contributed by atoms with Crippen LogP contribution in [0.2, 0.25) is 0 Å². The predicted octanol–water partition coefficient (Wildman–Crippen LogP) is 2.71. The zero-order chi connectivity index (χ0) is 7.87. The highest BCUT2D eigenvalue weighted by Crippen LogP contribution is 2.69. The number of hydrogen-bond acceptors (Lipinski definition) is 0. The van der Waals surface area contributed by atoms with Crippen LogP contribution in [-0.2, 0) is 0 Å². The second kappa shape index (κ2) is 1.66. The minimum atomic E-state index is 0.981. The SMILES string of the molecule is CC1C2C=CC3C4CC2CC4C13. The van der Waals surface area contributed by atoms with Crippen molar-refractivity contribution in [2.45, 2.75) is 19.8 Å². The predicted molar refractivity (Wildman–Crippen MR) is 48.5 cm³/mol. The van der Waals surface area contributed by atoms with Crippen LogP contribution < -0.4 is 0 Å². The lowest BCUT2D eigenvalue weighted by Crippen LogP contribution is -2.50. The van der Waals surface area contributed by atoms with Crippen molar-refractivity contribution in [1.29, 1.82) is 0 Å². The van der Waals surface area contributed by atoms with Crippen LogP contribution in [0.4, 0.5) is 0 Å². The third-order valence-electron chi connectivity index (χ3n) is 5.45. The molecule has 12 heavy (non-hydrogen) atoms. The molecule has 4 bridgehead atoms. The molecule has 7 atom stereocenters. The van der Waals surface area contributed by atoms with E-state index in [1.54, 1.807) is 12.8 Å². The molecule has 4 aliphatic carbocycles. The Hall–Kier alpha value is -0.260. The first-order chi connectivity index (χ1) is 5.86. The van der Waals surface area contributed by atoms with E-state index in [-0.39, 0.29) is 0 Å². The van der Waals surface area contributed by atoms with Gasteiger partial charge in [-0.3, -0.25) is 0 Å². The molecule has 0 saturated heterocycles. The summed E-state index contributed by atoms with van der Waals surface area (Å²) in [6, 6.07) is 0. The lowest BCUT2D eigenvalue weighted by atomic mass is 9.49. The first-order valence-corrected chi connectivity index (χ1v) is 5.54. The van der Waals surface area contributed by atoms with Gasteiger partial charge in [0.2, 0.25) is 0 Å². The second-order valence-electron chi connectivity index (χ2n) is 5.54. The Bertz CT molecular complexity index is 263. The topological polar surface area (TPSA) is 0 Å². The van der Waals surface area contributed by atoms with Crippen molar-refractivity contribution in [3.63, 3.8) is 0 Å². The molecule has 0 heteroatoms.